The maximum Gasteiger partial charge on any atom is 0.420 e. The molecule has 0 atom stereocenters. The molecule has 11 heteroatoms. The van der Waals surface area contributed by atoms with Crippen LogP contribution in [0.4, 0.5) is 33.2 Å². The topological polar surface area (TPSA) is 75.5 Å². The van der Waals surface area contributed by atoms with E-state index in [0.717, 1.165) is 38.2 Å². The van der Waals surface area contributed by atoms with Crippen LogP contribution in [0.5, 0.6) is 5.75 Å². The zero-order valence-corrected chi connectivity index (χ0v) is 19.8. The smallest absolute Gasteiger partial charge is 0.420 e. The van der Waals surface area contributed by atoms with Gasteiger partial charge in [-0.1, -0.05) is 50.4 Å². The van der Waals surface area contributed by atoms with Crippen molar-refractivity contribution < 1.29 is 32.2 Å². The Bertz CT molecular complexity index is 1120. The predicted molar refractivity (Wildman–Crippen MR) is 126 cm³/mol. The van der Waals surface area contributed by atoms with Gasteiger partial charge < -0.3 is 9.84 Å². The monoisotopic (exact) mass is 511 g/mol. The van der Waals surface area contributed by atoms with Crippen molar-refractivity contribution in [3.8, 4) is 17.0 Å². The first-order valence-electron chi connectivity index (χ1n) is 11.2. The second kappa shape index (κ2) is 12.0. The van der Waals surface area contributed by atoms with E-state index in [1.807, 2.05) is 0 Å². The van der Waals surface area contributed by atoms with E-state index in [9.17, 15) is 27.5 Å². The van der Waals surface area contributed by atoms with Gasteiger partial charge in [0.25, 0.3) is 0 Å². The first-order chi connectivity index (χ1) is 16.7. The summed E-state index contributed by atoms with van der Waals surface area (Å²) in [6.45, 7) is 2.21. The Morgan fingerprint density at radius 1 is 1.14 bits per heavy atom. The van der Waals surface area contributed by atoms with Gasteiger partial charge in [0, 0.05) is 18.0 Å². The van der Waals surface area contributed by atoms with Gasteiger partial charge in [0.2, 0.25) is 10.3 Å². The van der Waals surface area contributed by atoms with E-state index < -0.39 is 23.0 Å². The average molecular weight is 512 g/mol. The zero-order valence-electron chi connectivity index (χ0n) is 19.0. The highest BCUT2D eigenvalue weighted by Crippen LogP contribution is 2.41. The van der Waals surface area contributed by atoms with Crippen LogP contribution in [0.15, 0.2) is 42.7 Å². The summed E-state index contributed by atoms with van der Waals surface area (Å²) in [4.78, 5) is 20.4. The van der Waals surface area contributed by atoms with Crippen molar-refractivity contribution >= 4 is 28.2 Å². The van der Waals surface area contributed by atoms with Crippen molar-refractivity contribution in [1.82, 2.24) is 9.97 Å². The highest BCUT2D eigenvalue weighted by Gasteiger charge is 2.36. The summed E-state index contributed by atoms with van der Waals surface area (Å²) < 4.78 is 61.3. The molecule has 3 aromatic rings. The number of thiazole rings is 1. The summed E-state index contributed by atoms with van der Waals surface area (Å²) in [5, 5.41) is 8.61. The molecular weight excluding hydrogens is 486 g/mol. The lowest BCUT2D eigenvalue weighted by Gasteiger charge is -2.20. The van der Waals surface area contributed by atoms with Gasteiger partial charge >= 0.3 is 12.3 Å². The van der Waals surface area contributed by atoms with Crippen LogP contribution in [0.1, 0.15) is 51.0 Å². The summed E-state index contributed by atoms with van der Waals surface area (Å²) in [7, 11) is 0. The van der Waals surface area contributed by atoms with Crippen LogP contribution in [0.3, 0.4) is 0 Å². The molecule has 0 saturated carbocycles. The van der Waals surface area contributed by atoms with Crippen molar-refractivity contribution in [2.24, 2.45) is 0 Å². The van der Waals surface area contributed by atoms with Crippen LogP contribution in [0, 0.1) is 5.13 Å². The highest BCUT2D eigenvalue weighted by atomic mass is 32.1. The predicted octanol–water partition coefficient (Wildman–Crippen LogP) is 7.92. The number of alkyl halides is 3. The molecule has 1 amide bonds. The second-order valence-electron chi connectivity index (χ2n) is 7.77. The van der Waals surface area contributed by atoms with Gasteiger partial charge in [0.15, 0.2) is 0 Å². The summed E-state index contributed by atoms with van der Waals surface area (Å²) in [5.41, 5.74) is -1.27. The van der Waals surface area contributed by atoms with Gasteiger partial charge in [-0.25, -0.2) is 14.7 Å². The van der Waals surface area contributed by atoms with Crippen LogP contribution < -0.4 is 9.64 Å². The summed E-state index contributed by atoms with van der Waals surface area (Å²) >= 11 is 0.410. The maximum absolute atomic E-state index is 14.5. The molecule has 188 valence electrons. The number of hydrogen-bond donors (Lipinski definition) is 1. The fourth-order valence-corrected chi connectivity index (χ4v) is 4.27. The number of hydrogen-bond acceptors (Lipinski definition) is 5. The van der Waals surface area contributed by atoms with E-state index in [1.165, 1.54) is 24.5 Å². The molecule has 35 heavy (non-hydrogen) atoms. The fraction of sp³-hybridized carbons (Fsp3) is 0.375. The lowest BCUT2D eigenvalue weighted by atomic mass is 10.1. The Kier molecular flexibility index (Phi) is 9.02. The summed E-state index contributed by atoms with van der Waals surface area (Å²) in [5.74, 6) is -0.387. The number of carboxylic acid groups (broad SMARTS) is 1. The molecular formula is C24H25F4N3O3S. The molecule has 6 nitrogen and oxygen atoms in total. The van der Waals surface area contributed by atoms with E-state index in [-0.39, 0.29) is 28.9 Å². The third-order valence-corrected chi connectivity index (χ3v) is 6.00. The van der Waals surface area contributed by atoms with Crippen molar-refractivity contribution in [2.75, 3.05) is 11.5 Å². The molecule has 2 aromatic heterocycles. The van der Waals surface area contributed by atoms with Crippen LogP contribution >= 0.6 is 11.3 Å². The SMILES string of the molecule is CCCCCCCCOc1ccc(N(C(=O)O)c2nc(-c3cccnc3)c(F)s2)cc1C(F)(F)F. The van der Waals surface area contributed by atoms with E-state index in [4.69, 9.17) is 4.74 Å². The Labute approximate surface area is 204 Å². The van der Waals surface area contributed by atoms with Gasteiger partial charge in [-0.05, 0) is 36.8 Å². The zero-order chi connectivity index (χ0) is 25.4. The number of amides is 1. The number of pyridine rings is 1. The molecule has 0 unspecified atom stereocenters. The first-order valence-corrected chi connectivity index (χ1v) is 12.0. The van der Waals surface area contributed by atoms with Crippen molar-refractivity contribution in [2.45, 2.75) is 51.6 Å². The largest absolute Gasteiger partial charge is 0.493 e. The third kappa shape index (κ3) is 6.91. The van der Waals surface area contributed by atoms with Gasteiger partial charge in [0.1, 0.15) is 11.4 Å². The molecule has 1 aromatic carbocycles. The minimum Gasteiger partial charge on any atom is -0.493 e. The van der Waals surface area contributed by atoms with Crippen molar-refractivity contribution in [3.63, 3.8) is 0 Å². The van der Waals surface area contributed by atoms with Crippen LogP contribution in [0.25, 0.3) is 11.3 Å². The van der Waals surface area contributed by atoms with E-state index in [2.05, 4.69) is 16.9 Å². The van der Waals surface area contributed by atoms with Crippen molar-refractivity contribution in [3.05, 3.63) is 53.4 Å². The molecule has 2 heterocycles. The minimum atomic E-state index is -4.79. The van der Waals surface area contributed by atoms with Gasteiger partial charge in [0.05, 0.1) is 17.9 Å². The minimum absolute atomic E-state index is 0.114. The molecule has 0 radical (unpaired) electrons. The third-order valence-electron chi connectivity index (χ3n) is 5.17. The molecule has 0 aliphatic carbocycles. The average Bonchev–Trinajstić information content (AvgIpc) is 3.19. The quantitative estimate of drug-likeness (QED) is 0.209. The number of nitrogens with zero attached hydrogens (tertiary/aromatic N) is 3. The molecule has 0 saturated heterocycles. The lowest BCUT2D eigenvalue weighted by molar-refractivity contribution is -0.138. The van der Waals surface area contributed by atoms with Crippen molar-refractivity contribution in [1.29, 1.82) is 0 Å². The number of rotatable bonds is 11. The van der Waals surface area contributed by atoms with Crippen LogP contribution in [-0.2, 0) is 6.18 Å². The van der Waals surface area contributed by atoms with E-state index in [1.54, 1.807) is 6.07 Å². The van der Waals surface area contributed by atoms with Gasteiger partial charge in [-0.3, -0.25) is 4.98 Å². The Hall–Kier alpha value is -3.21. The normalized spacial score (nSPS) is 11.5. The standard InChI is InChI=1S/C24H25F4N3O3S/c1-2-3-4-5-6-7-13-34-19-11-10-17(14-18(19)24(26,27)28)31(23(32)33)22-30-20(21(25)35-22)16-9-8-12-29-15-16/h8-12,14-15H,2-7,13H2,1H3,(H,32,33). The lowest BCUT2D eigenvalue weighted by Crippen LogP contribution is -2.24. The Morgan fingerprint density at radius 3 is 2.54 bits per heavy atom. The highest BCUT2D eigenvalue weighted by molar-refractivity contribution is 7.14. The summed E-state index contributed by atoms with van der Waals surface area (Å²) in [6, 6.07) is 6.04. The molecule has 0 spiro atoms. The summed E-state index contributed by atoms with van der Waals surface area (Å²) in [6.07, 6.45) is 2.18. The number of anilines is 2. The maximum atomic E-state index is 14.5. The molecule has 0 aliphatic rings. The molecule has 0 fully saturated rings. The number of carbonyl (C=O) groups is 1. The van der Waals surface area contributed by atoms with Crippen LogP contribution in [0.2, 0.25) is 0 Å². The van der Waals surface area contributed by atoms with Gasteiger partial charge in [-0.2, -0.15) is 17.6 Å². The number of aromatic nitrogens is 2. The number of halogens is 4. The Morgan fingerprint density at radius 2 is 1.89 bits per heavy atom. The molecule has 3 rings (SSSR count). The van der Waals surface area contributed by atoms with Gasteiger partial charge in [-0.15, -0.1) is 0 Å². The number of unbranched alkanes of at least 4 members (excludes halogenated alkanes) is 5. The molecule has 1 N–H and O–H groups in total. The Balaban J connectivity index is 1.85. The number of ether oxygens (including phenoxy) is 1. The van der Waals surface area contributed by atoms with E-state index >= 15 is 0 Å². The molecule has 0 aliphatic heterocycles. The first kappa shape index (κ1) is 26.4. The number of benzene rings is 1. The second-order valence-corrected chi connectivity index (χ2v) is 8.70. The van der Waals surface area contributed by atoms with E-state index in [0.29, 0.717) is 34.3 Å². The molecule has 0 bridgehead atoms. The fourth-order valence-electron chi connectivity index (χ4n) is 3.44. The van der Waals surface area contributed by atoms with Crippen LogP contribution in [-0.4, -0.2) is 27.8 Å².